The molecule has 1 heterocycles. The topological polar surface area (TPSA) is 30.0 Å². The summed E-state index contributed by atoms with van der Waals surface area (Å²) in [5.74, 6) is 0.209. The number of pyridine rings is 1. The van der Waals surface area contributed by atoms with Crippen LogP contribution >= 0.6 is 11.8 Å². The third-order valence-corrected chi connectivity index (χ3v) is 2.16. The van der Waals surface area contributed by atoms with Gasteiger partial charge in [0.1, 0.15) is 0 Å². The summed E-state index contributed by atoms with van der Waals surface area (Å²) < 4.78 is 12.6. The maximum Gasteiger partial charge on any atom is 0.213 e. The zero-order chi connectivity index (χ0) is 9.68. The first-order chi connectivity index (χ1) is 6.22. The molecule has 4 heteroatoms. The van der Waals surface area contributed by atoms with Crippen LogP contribution in [0, 0.1) is 5.95 Å². The Morgan fingerprint density at radius 1 is 1.62 bits per heavy atom. The number of rotatable bonds is 3. The highest BCUT2D eigenvalue weighted by Crippen LogP contribution is 2.07. The molecular weight excluding hydrogens is 189 g/mol. The number of halogens is 1. The molecule has 0 fully saturated rings. The highest BCUT2D eigenvalue weighted by atomic mass is 32.2. The van der Waals surface area contributed by atoms with E-state index in [1.54, 1.807) is 12.1 Å². The standard InChI is InChI=1S/C9H10FNOS/c1-2-13-9(12)6-7-4-3-5-8(10)11-7/h3-5H,2,6H2,1H3. The van der Waals surface area contributed by atoms with Gasteiger partial charge in [-0.15, -0.1) is 0 Å². The monoisotopic (exact) mass is 199 g/mol. The van der Waals surface area contributed by atoms with E-state index in [4.69, 9.17) is 0 Å². The van der Waals surface area contributed by atoms with Crippen molar-refractivity contribution in [1.29, 1.82) is 0 Å². The van der Waals surface area contributed by atoms with Crippen LogP contribution in [-0.2, 0) is 11.2 Å². The van der Waals surface area contributed by atoms with E-state index in [-0.39, 0.29) is 11.5 Å². The van der Waals surface area contributed by atoms with Gasteiger partial charge < -0.3 is 0 Å². The van der Waals surface area contributed by atoms with Gasteiger partial charge >= 0.3 is 0 Å². The maximum absolute atomic E-state index is 12.6. The third-order valence-electron chi connectivity index (χ3n) is 1.40. The summed E-state index contributed by atoms with van der Waals surface area (Å²) in [5, 5.41) is 0.0283. The van der Waals surface area contributed by atoms with Crippen LogP contribution in [0.2, 0.25) is 0 Å². The quantitative estimate of drug-likeness (QED) is 0.698. The molecule has 0 aliphatic rings. The lowest BCUT2D eigenvalue weighted by Crippen LogP contribution is -2.01. The summed E-state index contributed by atoms with van der Waals surface area (Å²) in [4.78, 5) is 14.7. The Morgan fingerprint density at radius 3 is 3.00 bits per heavy atom. The molecule has 0 amide bonds. The van der Waals surface area contributed by atoms with E-state index in [2.05, 4.69) is 4.98 Å². The fourth-order valence-electron chi connectivity index (χ4n) is 0.909. The number of carbonyl (C=O) groups excluding carboxylic acids is 1. The van der Waals surface area contributed by atoms with Crippen LogP contribution in [-0.4, -0.2) is 15.9 Å². The number of hydrogen-bond donors (Lipinski definition) is 0. The smallest absolute Gasteiger partial charge is 0.213 e. The molecule has 0 aliphatic heterocycles. The van der Waals surface area contributed by atoms with Crippen molar-refractivity contribution in [2.24, 2.45) is 0 Å². The van der Waals surface area contributed by atoms with Gasteiger partial charge in [-0.1, -0.05) is 24.8 Å². The molecule has 0 radical (unpaired) electrons. The molecule has 0 bridgehead atoms. The van der Waals surface area contributed by atoms with E-state index in [1.807, 2.05) is 6.92 Å². The molecule has 0 saturated heterocycles. The van der Waals surface area contributed by atoms with Gasteiger partial charge in [-0.2, -0.15) is 4.39 Å². The molecule has 70 valence electrons. The lowest BCUT2D eigenvalue weighted by Gasteiger charge is -1.97. The summed E-state index contributed by atoms with van der Waals surface area (Å²) in [6, 6.07) is 4.47. The Kier molecular flexibility index (Phi) is 3.89. The number of aromatic nitrogens is 1. The Morgan fingerprint density at radius 2 is 2.38 bits per heavy atom. The summed E-state index contributed by atoms with van der Waals surface area (Å²) in [6.07, 6.45) is 0.205. The molecule has 0 saturated carbocycles. The Hall–Kier alpha value is -0.900. The first kappa shape index (κ1) is 10.2. The van der Waals surface area contributed by atoms with E-state index in [1.165, 1.54) is 17.8 Å². The first-order valence-electron chi connectivity index (χ1n) is 3.99. The van der Waals surface area contributed by atoms with Crippen LogP contribution in [0.5, 0.6) is 0 Å². The Labute approximate surface area is 80.6 Å². The van der Waals surface area contributed by atoms with Crippen molar-refractivity contribution in [3.05, 3.63) is 29.8 Å². The molecule has 0 unspecified atom stereocenters. The van der Waals surface area contributed by atoms with Crippen LogP contribution in [0.3, 0.4) is 0 Å². The van der Waals surface area contributed by atoms with Crippen molar-refractivity contribution in [3.63, 3.8) is 0 Å². The van der Waals surface area contributed by atoms with Gasteiger partial charge in [0.15, 0.2) is 5.12 Å². The van der Waals surface area contributed by atoms with Crippen molar-refractivity contribution in [2.45, 2.75) is 13.3 Å². The minimum atomic E-state index is -0.535. The molecule has 0 aromatic carbocycles. The zero-order valence-electron chi connectivity index (χ0n) is 7.29. The normalized spacial score (nSPS) is 10.0. The molecule has 1 aromatic heterocycles. The summed E-state index contributed by atoms with van der Waals surface area (Å²) in [7, 11) is 0. The molecule has 2 nitrogen and oxygen atoms in total. The first-order valence-corrected chi connectivity index (χ1v) is 4.98. The molecule has 0 atom stereocenters. The minimum absolute atomic E-state index is 0.0283. The second-order valence-electron chi connectivity index (χ2n) is 2.43. The van der Waals surface area contributed by atoms with E-state index in [0.717, 1.165) is 5.75 Å². The van der Waals surface area contributed by atoms with E-state index in [9.17, 15) is 9.18 Å². The Bertz CT molecular complexity index is 303. The maximum atomic E-state index is 12.6. The van der Waals surface area contributed by atoms with Crippen molar-refractivity contribution in [3.8, 4) is 0 Å². The van der Waals surface area contributed by atoms with Gasteiger partial charge in [-0.05, 0) is 17.9 Å². The van der Waals surface area contributed by atoms with Crippen molar-refractivity contribution >= 4 is 16.9 Å². The van der Waals surface area contributed by atoms with Gasteiger partial charge in [0, 0.05) is 0 Å². The molecule has 13 heavy (non-hydrogen) atoms. The predicted molar refractivity (Wildman–Crippen MR) is 51.0 cm³/mol. The van der Waals surface area contributed by atoms with Gasteiger partial charge in [-0.25, -0.2) is 4.98 Å². The molecule has 0 N–H and O–H groups in total. The zero-order valence-corrected chi connectivity index (χ0v) is 8.10. The largest absolute Gasteiger partial charge is 0.287 e. The number of hydrogen-bond acceptors (Lipinski definition) is 3. The highest BCUT2D eigenvalue weighted by molar-refractivity contribution is 8.13. The van der Waals surface area contributed by atoms with Crippen LogP contribution in [0.1, 0.15) is 12.6 Å². The second kappa shape index (κ2) is 4.97. The second-order valence-corrected chi connectivity index (χ2v) is 3.75. The average Bonchev–Trinajstić information content (AvgIpc) is 2.04. The predicted octanol–water partition coefficient (Wildman–Crippen LogP) is 2.04. The summed E-state index contributed by atoms with van der Waals surface area (Å²) >= 11 is 1.23. The van der Waals surface area contributed by atoms with Crippen LogP contribution in [0.4, 0.5) is 4.39 Å². The lowest BCUT2D eigenvalue weighted by atomic mass is 10.3. The van der Waals surface area contributed by atoms with Crippen molar-refractivity contribution < 1.29 is 9.18 Å². The molecule has 0 aliphatic carbocycles. The van der Waals surface area contributed by atoms with Crippen LogP contribution in [0.15, 0.2) is 18.2 Å². The molecule has 1 aromatic rings. The fourth-order valence-corrected chi connectivity index (χ4v) is 1.48. The molecule has 1 rings (SSSR count). The van der Waals surface area contributed by atoms with Crippen LogP contribution < -0.4 is 0 Å². The van der Waals surface area contributed by atoms with Crippen LogP contribution in [0.25, 0.3) is 0 Å². The number of nitrogens with zero attached hydrogens (tertiary/aromatic N) is 1. The van der Waals surface area contributed by atoms with E-state index >= 15 is 0 Å². The number of carbonyl (C=O) groups is 1. The third kappa shape index (κ3) is 3.55. The number of thioether (sulfide) groups is 1. The van der Waals surface area contributed by atoms with Gasteiger partial charge in [-0.3, -0.25) is 4.79 Å². The highest BCUT2D eigenvalue weighted by Gasteiger charge is 2.04. The van der Waals surface area contributed by atoms with E-state index < -0.39 is 5.95 Å². The summed E-state index contributed by atoms with van der Waals surface area (Å²) in [6.45, 7) is 1.90. The minimum Gasteiger partial charge on any atom is -0.287 e. The fraction of sp³-hybridized carbons (Fsp3) is 0.333. The van der Waals surface area contributed by atoms with Gasteiger partial charge in [0.05, 0.1) is 12.1 Å². The molecule has 0 spiro atoms. The van der Waals surface area contributed by atoms with Crippen molar-refractivity contribution in [2.75, 3.05) is 5.75 Å². The lowest BCUT2D eigenvalue weighted by molar-refractivity contribution is -0.110. The molecular formula is C9H10FNOS. The van der Waals surface area contributed by atoms with Gasteiger partial charge in [0.2, 0.25) is 5.95 Å². The average molecular weight is 199 g/mol. The van der Waals surface area contributed by atoms with Crippen molar-refractivity contribution in [1.82, 2.24) is 4.98 Å². The van der Waals surface area contributed by atoms with E-state index in [0.29, 0.717) is 5.69 Å². The SMILES string of the molecule is CCSC(=O)Cc1cccc(F)n1. The summed E-state index contributed by atoms with van der Waals surface area (Å²) in [5.41, 5.74) is 0.492. The Balaban J connectivity index is 2.58. The van der Waals surface area contributed by atoms with Gasteiger partial charge in [0.25, 0.3) is 0 Å².